The highest BCUT2D eigenvalue weighted by Gasteiger charge is 2.14. The third kappa shape index (κ3) is 4.80. The maximum absolute atomic E-state index is 12.1. The third-order valence-electron chi connectivity index (χ3n) is 3.75. The number of carbonyl (C=O) groups is 1. The maximum Gasteiger partial charge on any atom is 0.223 e. The van der Waals surface area contributed by atoms with Gasteiger partial charge in [-0.1, -0.05) is 42.6 Å². The molecule has 1 amide bonds. The van der Waals surface area contributed by atoms with Crippen LogP contribution >= 0.6 is 11.6 Å². The smallest absolute Gasteiger partial charge is 0.223 e. The Hall–Kier alpha value is -1.06. The molecule has 0 atom stereocenters. The van der Waals surface area contributed by atoms with Gasteiger partial charge in [-0.25, -0.2) is 0 Å². The van der Waals surface area contributed by atoms with Crippen LogP contribution in [0, 0.1) is 0 Å². The van der Waals surface area contributed by atoms with E-state index in [1.165, 1.54) is 12.8 Å². The quantitative estimate of drug-likeness (QED) is 0.846. The largest absolute Gasteiger partial charge is 0.343 e. The van der Waals surface area contributed by atoms with E-state index in [0.717, 1.165) is 36.5 Å². The number of amides is 1. The van der Waals surface area contributed by atoms with Gasteiger partial charge in [-0.05, 0) is 24.5 Å². The second kappa shape index (κ2) is 8.28. The van der Waals surface area contributed by atoms with Crippen molar-refractivity contribution in [2.75, 3.05) is 19.6 Å². The summed E-state index contributed by atoms with van der Waals surface area (Å²) < 4.78 is 0. The van der Waals surface area contributed by atoms with Crippen molar-refractivity contribution >= 4 is 17.5 Å². The van der Waals surface area contributed by atoms with Crippen LogP contribution in [0.3, 0.4) is 0 Å². The molecule has 0 radical (unpaired) electrons. The van der Waals surface area contributed by atoms with Gasteiger partial charge in [0, 0.05) is 37.6 Å². The fraction of sp³-hybridized carbons (Fsp3) is 0.562. The van der Waals surface area contributed by atoms with Gasteiger partial charge in [0.1, 0.15) is 0 Å². The maximum atomic E-state index is 12.1. The van der Waals surface area contributed by atoms with Crippen LogP contribution in [0.4, 0.5) is 0 Å². The molecule has 0 bridgehead atoms. The van der Waals surface area contributed by atoms with Gasteiger partial charge in [0.05, 0.1) is 0 Å². The molecule has 1 fully saturated rings. The molecule has 2 rings (SSSR count). The van der Waals surface area contributed by atoms with Gasteiger partial charge in [0.25, 0.3) is 0 Å². The molecule has 1 aliphatic heterocycles. The molecule has 4 heteroatoms. The third-order valence-corrected chi connectivity index (χ3v) is 4.12. The molecule has 0 unspecified atom stereocenters. The number of benzene rings is 1. The standard InChI is InChI=1S/C16H23ClN2O/c17-15-8-4-3-7-14(15)13-18-10-9-16(20)19-11-5-1-2-6-12-19/h3-4,7-8,18H,1-2,5-6,9-13H2. The van der Waals surface area contributed by atoms with Crippen molar-refractivity contribution in [3.8, 4) is 0 Å². The van der Waals surface area contributed by atoms with Gasteiger partial charge >= 0.3 is 0 Å². The van der Waals surface area contributed by atoms with Crippen molar-refractivity contribution in [1.82, 2.24) is 10.2 Å². The number of nitrogens with zero attached hydrogens (tertiary/aromatic N) is 1. The Morgan fingerprint density at radius 3 is 2.55 bits per heavy atom. The molecule has 0 saturated carbocycles. The Kier molecular flexibility index (Phi) is 6.34. The minimum atomic E-state index is 0.276. The highest BCUT2D eigenvalue weighted by Crippen LogP contribution is 2.14. The molecule has 0 aliphatic carbocycles. The molecule has 1 aromatic carbocycles. The van der Waals surface area contributed by atoms with E-state index >= 15 is 0 Å². The summed E-state index contributed by atoms with van der Waals surface area (Å²) in [5, 5.41) is 4.07. The second-order valence-electron chi connectivity index (χ2n) is 5.31. The summed E-state index contributed by atoms with van der Waals surface area (Å²) in [6.07, 6.45) is 5.39. The summed E-state index contributed by atoms with van der Waals surface area (Å²) in [6, 6.07) is 7.80. The molecular formula is C16H23ClN2O. The van der Waals surface area contributed by atoms with Gasteiger partial charge in [0.15, 0.2) is 0 Å². The minimum absolute atomic E-state index is 0.276. The summed E-state index contributed by atoms with van der Waals surface area (Å²) in [7, 11) is 0. The Balaban J connectivity index is 1.67. The lowest BCUT2D eigenvalue weighted by atomic mass is 10.2. The van der Waals surface area contributed by atoms with E-state index < -0.39 is 0 Å². The van der Waals surface area contributed by atoms with E-state index in [9.17, 15) is 4.79 Å². The molecular weight excluding hydrogens is 272 g/mol. The molecule has 0 spiro atoms. The summed E-state index contributed by atoms with van der Waals surface area (Å²) >= 11 is 6.09. The van der Waals surface area contributed by atoms with Crippen LogP contribution in [0.25, 0.3) is 0 Å². The summed E-state index contributed by atoms with van der Waals surface area (Å²) in [4.78, 5) is 14.1. The van der Waals surface area contributed by atoms with Crippen molar-refractivity contribution in [1.29, 1.82) is 0 Å². The van der Waals surface area contributed by atoms with E-state index in [1.54, 1.807) is 0 Å². The molecule has 1 aromatic rings. The van der Waals surface area contributed by atoms with E-state index in [1.807, 2.05) is 29.2 Å². The number of carbonyl (C=O) groups excluding carboxylic acids is 1. The molecule has 20 heavy (non-hydrogen) atoms. The fourth-order valence-corrected chi connectivity index (χ4v) is 2.74. The van der Waals surface area contributed by atoms with E-state index in [4.69, 9.17) is 11.6 Å². The fourth-order valence-electron chi connectivity index (χ4n) is 2.54. The predicted molar refractivity (Wildman–Crippen MR) is 82.8 cm³/mol. The zero-order chi connectivity index (χ0) is 14.2. The van der Waals surface area contributed by atoms with Crippen molar-refractivity contribution in [3.63, 3.8) is 0 Å². The molecule has 1 heterocycles. The van der Waals surface area contributed by atoms with Gasteiger partial charge in [-0.3, -0.25) is 4.79 Å². The normalized spacial score (nSPS) is 15.9. The van der Waals surface area contributed by atoms with Crippen LogP contribution in [0.1, 0.15) is 37.7 Å². The van der Waals surface area contributed by atoms with Crippen molar-refractivity contribution in [2.45, 2.75) is 38.6 Å². The van der Waals surface area contributed by atoms with Crippen molar-refractivity contribution in [2.24, 2.45) is 0 Å². The van der Waals surface area contributed by atoms with Crippen LogP contribution in [0.2, 0.25) is 5.02 Å². The van der Waals surface area contributed by atoms with E-state index in [2.05, 4.69) is 5.32 Å². The SMILES string of the molecule is O=C(CCNCc1ccccc1Cl)N1CCCCCC1. The number of hydrogen-bond donors (Lipinski definition) is 1. The van der Waals surface area contributed by atoms with E-state index in [0.29, 0.717) is 19.5 Å². The zero-order valence-corrected chi connectivity index (χ0v) is 12.7. The molecule has 110 valence electrons. The van der Waals surface area contributed by atoms with Crippen LogP contribution < -0.4 is 5.32 Å². The predicted octanol–water partition coefficient (Wildman–Crippen LogP) is 3.22. The first kappa shape index (κ1) is 15.3. The van der Waals surface area contributed by atoms with Crippen LogP contribution in [0.5, 0.6) is 0 Å². The number of hydrogen-bond acceptors (Lipinski definition) is 2. The zero-order valence-electron chi connectivity index (χ0n) is 11.9. The van der Waals surface area contributed by atoms with Crippen LogP contribution in [-0.4, -0.2) is 30.4 Å². The van der Waals surface area contributed by atoms with Crippen LogP contribution in [0.15, 0.2) is 24.3 Å². The first-order valence-corrected chi connectivity index (χ1v) is 7.87. The molecule has 3 nitrogen and oxygen atoms in total. The lowest BCUT2D eigenvalue weighted by Gasteiger charge is -2.20. The monoisotopic (exact) mass is 294 g/mol. The Morgan fingerprint density at radius 1 is 1.15 bits per heavy atom. The topological polar surface area (TPSA) is 32.3 Å². The second-order valence-corrected chi connectivity index (χ2v) is 5.72. The molecule has 1 saturated heterocycles. The number of halogens is 1. The van der Waals surface area contributed by atoms with E-state index in [-0.39, 0.29) is 5.91 Å². The van der Waals surface area contributed by atoms with Crippen LogP contribution in [-0.2, 0) is 11.3 Å². The van der Waals surface area contributed by atoms with Gasteiger partial charge in [0.2, 0.25) is 5.91 Å². The highest BCUT2D eigenvalue weighted by atomic mass is 35.5. The summed E-state index contributed by atoms with van der Waals surface area (Å²) in [6.45, 7) is 3.29. The van der Waals surface area contributed by atoms with Crippen molar-refractivity contribution < 1.29 is 4.79 Å². The lowest BCUT2D eigenvalue weighted by molar-refractivity contribution is -0.131. The summed E-state index contributed by atoms with van der Waals surface area (Å²) in [5.41, 5.74) is 1.08. The Morgan fingerprint density at radius 2 is 1.85 bits per heavy atom. The number of nitrogens with one attached hydrogen (secondary N) is 1. The first-order valence-electron chi connectivity index (χ1n) is 7.49. The summed E-state index contributed by atoms with van der Waals surface area (Å²) in [5.74, 6) is 0.276. The molecule has 1 aliphatic rings. The average molecular weight is 295 g/mol. The highest BCUT2D eigenvalue weighted by molar-refractivity contribution is 6.31. The minimum Gasteiger partial charge on any atom is -0.343 e. The molecule has 0 aromatic heterocycles. The molecule has 1 N–H and O–H groups in total. The lowest BCUT2D eigenvalue weighted by Crippen LogP contribution is -2.33. The Labute approximate surface area is 126 Å². The number of rotatable bonds is 5. The van der Waals surface area contributed by atoms with Gasteiger partial charge in [-0.2, -0.15) is 0 Å². The number of likely N-dealkylation sites (tertiary alicyclic amines) is 1. The van der Waals surface area contributed by atoms with Crippen molar-refractivity contribution in [3.05, 3.63) is 34.9 Å². The first-order chi connectivity index (χ1) is 9.77. The van der Waals surface area contributed by atoms with Gasteiger partial charge in [-0.15, -0.1) is 0 Å². The van der Waals surface area contributed by atoms with Gasteiger partial charge < -0.3 is 10.2 Å². The average Bonchev–Trinajstić information content (AvgIpc) is 2.74. The Bertz CT molecular complexity index is 428.